The lowest BCUT2D eigenvalue weighted by Gasteiger charge is -2.39. The molecule has 0 aliphatic carbocycles. The highest BCUT2D eigenvalue weighted by atomic mass is 32.2. The number of benzene rings is 1. The molecule has 1 atom stereocenters. The van der Waals surface area contributed by atoms with E-state index in [9.17, 15) is 26.4 Å². The van der Waals surface area contributed by atoms with Gasteiger partial charge in [0.05, 0.1) is 10.5 Å². The van der Waals surface area contributed by atoms with E-state index < -0.39 is 50.1 Å². The number of hydrogen-bond donors (Lipinski definition) is 1. The zero-order chi connectivity index (χ0) is 21.5. The number of nitrogen functional groups attached to an aromatic ring is 1. The van der Waals surface area contributed by atoms with Crippen LogP contribution in [0.4, 0.5) is 23.7 Å². The summed E-state index contributed by atoms with van der Waals surface area (Å²) in [5, 5.41) is 0. The Bertz CT molecular complexity index is 850. The summed E-state index contributed by atoms with van der Waals surface area (Å²) in [6, 6.07) is 1.88. The first-order valence-corrected chi connectivity index (χ1v) is 10.0. The molecule has 7 nitrogen and oxygen atoms in total. The molecule has 0 radical (unpaired) electrons. The summed E-state index contributed by atoms with van der Waals surface area (Å²) in [5.41, 5.74) is 2.90. The minimum atomic E-state index is -4.77. The van der Waals surface area contributed by atoms with Gasteiger partial charge in [-0.05, 0) is 45.9 Å². The highest BCUT2D eigenvalue weighted by molar-refractivity contribution is 7.89. The summed E-state index contributed by atoms with van der Waals surface area (Å²) in [4.78, 5) is 13.1. The Hall–Kier alpha value is -2.01. The highest BCUT2D eigenvalue weighted by Gasteiger charge is 2.39. The summed E-state index contributed by atoms with van der Waals surface area (Å²) in [6.07, 6.45) is -5.33. The van der Waals surface area contributed by atoms with Crippen molar-refractivity contribution in [1.82, 2.24) is 9.21 Å². The topological polar surface area (TPSA) is 92.9 Å². The number of rotatable bonds is 2. The third kappa shape index (κ3) is 4.88. The molecular weight excluding hydrogens is 399 g/mol. The highest BCUT2D eigenvalue weighted by Crippen LogP contribution is 2.35. The number of alkyl halides is 3. The molecule has 158 valence electrons. The number of amides is 1. The molecule has 1 aliphatic rings. The van der Waals surface area contributed by atoms with E-state index in [2.05, 4.69) is 0 Å². The van der Waals surface area contributed by atoms with Gasteiger partial charge in [-0.3, -0.25) is 0 Å². The van der Waals surface area contributed by atoms with Crippen molar-refractivity contribution in [2.24, 2.45) is 0 Å². The quantitative estimate of drug-likeness (QED) is 0.739. The lowest BCUT2D eigenvalue weighted by atomic mass is 10.2. The fourth-order valence-electron chi connectivity index (χ4n) is 2.87. The average Bonchev–Trinajstić information content (AvgIpc) is 2.51. The normalized spacial score (nSPS) is 19.5. The van der Waals surface area contributed by atoms with Crippen LogP contribution in [0.3, 0.4) is 0 Å². The first-order chi connectivity index (χ1) is 12.6. The number of piperazine rings is 1. The number of nitrogens with zero attached hydrogens (tertiary/aromatic N) is 2. The van der Waals surface area contributed by atoms with Crippen LogP contribution in [-0.4, -0.2) is 55.0 Å². The molecule has 1 aliphatic heterocycles. The molecule has 1 aromatic rings. The minimum absolute atomic E-state index is 0.0610. The van der Waals surface area contributed by atoms with Crippen LogP contribution in [0.15, 0.2) is 23.1 Å². The van der Waals surface area contributed by atoms with E-state index in [0.717, 1.165) is 16.4 Å². The van der Waals surface area contributed by atoms with Gasteiger partial charge >= 0.3 is 12.3 Å². The Balaban J connectivity index is 2.23. The summed E-state index contributed by atoms with van der Waals surface area (Å²) in [7, 11) is -4.20. The van der Waals surface area contributed by atoms with Crippen molar-refractivity contribution in [3.8, 4) is 0 Å². The van der Waals surface area contributed by atoms with Crippen molar-refractivity contribution in [3.05, 3.63) is 23.8 Å². The van der Waals surface area contributed by atoms with Crippen molar-refractivity contribution >= 4 is 21.8 Å². The van der Waals surface area contributed by atoms with Crippen molar-refractivity contribution in [3.63, 3.8) is 0 Å². The van der Waals surface area contributed by atoms with E-state index in [1.807, 2.05) is 0 Å². The molecule has 0 bridgehead atoms. The first kappa shape index (κ1) is 22.3. The van der Waals surface area contributed by atoms with Gasteiger partial charge in [-0.25, -0.2) is 13.2 Å². The monoisotopic (exact) mass is 423 g/mol. The number of halogens is 3. The number of hydrogen-bond acceptors (Lipinski definition) is 5. The molecule has 11 heteroatoms. The van der Waals surface area contributed by atoms with Gasteiger partial charge in [-0.15, -0.1) is 0 Å². The molecule has 1 fully saturated rings. The third-order valence-electron chi connectivity index (χ3n) is 4.15. The third-order valence-corrected chi connectivity index (χ3v) is 6.16. The molecule has 1 heterocycles. The van der Waals surface area contributed by atoms with Crippen LogP contribution < -0.4 is 5.73 Å². The van der Waals surface area contributed by atoms with E-state index in [1.165, 1.54) is 4.90 Å². The molecular formula is C17H24F3N3O4S. The van der Waals surface area contributed by atoms with Gasteiger partial charge in [0, 0.05) is 31.4 Å². The average molecular weight is 423 g/mol. The maximum Gasteiger partial charge on any atom is 0.418 e. The van der Waals surface area contributed by atoms with Gasteiger partial charge in [0.25, 0.3) is 0 Å². The predicted molar refractivity (Wildman–Crippen MR) is 97.0 cm³/mol. The maximum atomic E-state index is 13.1. The van der Waals surface area contributed by atoms with E-state index in [-0.39, 0.29) is 19.6 Å². The summed E-state index contributed by atoms with van der Waals surface area (Å²) in [5.74, 6) is 0. The zero-order valence-corrected chi connectivity index (χ0v) is 16.9. The molecule has 0 aromatic heterocycles. The predicted octanol–water partition coefficient (Wildman–Crippen LogP) is 2.92. The molecule has 0 unspecified atom stereocenters. The Morgan fingerprint density at radius 2 is 1.82 bits per heavy atom. The van der Waals surface area contributed by atoms with Gasteiger partial charge in [0.1, 0.15) is 5.60 Å². The van der Waals surface area contributed by atoms with Gasteiger partial charge in [-0.2, -0.15) is 17.5 Å². The molecule has 1 saturated heterocycles. The van der Waals surface area contributed by atoms with E-state index >= 15 is 0 Å². The first-order valence-electron chi connectivity index (χ1n) is 8.59. The van der Waals surface area contributed by atoms with Crippen LogP contribution in [0.1, 0.15) is 33.3 Å². The molecule has 2 rings (SSSR count). The summed E-state index contributed by atoms with van der Waals surface area (Å²) in [6.45, 7) is 6.80. The van der Waals surface area contributed by atoms with Crippen molar-refractivity contribution in [2.75, 3.05) is 25.4 Å². The van der Waals surface area contributed by atoms with Gasteiger partial charge in [-0.1, -0.05) is 0 Å². The Morgan fingerprint density at radius 3 is 2.32 bits per heavy atom. The Morgan fingerprint density at radius 1 is 1.21 bits per heavy atom. The van der Waals surface area contributed by atoms with Crippen molar-refractivity contribution in [1.29, 1.82) is 0 Å². The fourth-order valence-corrected chi connectivity index (χ4v) is 4.51. The largest absolute Gasteiger partial charge is 0.444 e. The minimum Gasteiger partial charge on any atom is -0.444 e. The van der Waals surface area contributed by atoms with Crippen molar-refractivity contribution < 1.29 is 31.1 Å². The Labute approximate surface area is 162 Å². The number of carbonyl (C=O) groups is 1. The molecule has 2 N–H and O–H groups in total. The van der Waals surface area contributed by atoms with Gasteiger partial charge in [0.2, 0.25) is 10.0 Å². The molecule has 0 spiro atoms. The standard InChI is InChI=1S/C17H24F3N3O4S/c1-11-10-22(15(24)27-16(2,3)4)7-8-23(11)28(25,26)12-5-6-14(21)13(9-12)17(18,19)20/h5-6,9,11H,7-8,10,21H2,1-4H3/t11-/m0/s1. The molecule has 28 heavy (non-hydrogen) atoms. The van der Waals surface area contributed by atoms with Gasteiger partial charge < -0.3 is 15.4 Å². The van der Waals surface area contributed by atoms with Crippen LogP contribution in [0, 0.1) is 0 Å². The van der Waals surface area contributed by atoms with Crippen LogP contribution in [0.2, 0.25) is 0 Å². The second-order valence-corrected chi connectivity index (χ2v) is 9.53. The van der Waals surface area contributed by atoms with Crippen molar-refractivity contribution in [2.45, 2.75) is 50.4 Å². The van der Waals surface area contributed by atoms with Gasteiger partial charge in [0.15, 0.2) is 0 Å². The van der Waals surface area contributed by atoms with E-state index in [1.54, 1.807) is 27.7 Å². The lowest BCUT2D eigenvalue weighted by molar-refractivity contribution is -0.137. The SMILES string of the molecule is C[C@H]1CN(C(=O)OC(C)(C)C)CCN1S(=O)(=O)c1ccc(N)c(C(F)(F)F)c1. The Kier molecular flexibility index (Phi) is 5.91. The number of ether oxygens (including phenoxy) is 1. The van der Waals surface area contributed by atoms with Crippen LogP contribution in [0.5, 0.6) is 0 Å². The summed E-state index contributed by atoms with van der Waals surface area (Å²) >= 11 is 0. The lowest BCUT2D eigenvalue weighted by Crippen LogP contribution is -2.56. The summed E-state index contributed by atoms with van der Waals surface area (Å²) < 4.78 is 71.3. The molecule has 1 aromatic carbocycles. The molecule has 1 amide bonds. The van der Waals surface area contributed by atoms with E-state index in [4.69, 9.17) is 10.5 Å². The second kappa shape index (κ2) is 7.43. The smallest absolute Gasteiger partial charge is 0.418 e. The fraction of sp³-hybridized carbons (Fsp3) is 0.588. The number of nitrogens with two attached hydrogens (primary N) is 1. The zero-order valence-electron chi connectivity index (χ0n) is 16.1. The van der Waals surface area contributed by atoms with E-state index in [0.29, 0.717) is 6.07 Å². The maximum absolute atomic E-state index is 13.1. The number of anilines is 1. The van der Waals surface area contributed by atoms with Crippen LogP contribution >= 0.6 is 0 Å². The van der Waals surface area contributed by atoms with Crippen LogP contribution in [-0.2, 0) is 20.9 Å². The molecule has 0 saturated carbocycles. The number of carbonyl (C=O) groups excluding carboxylic acids is 1. The number of sulfonamides is 1. The van der Waals surface area contributed by atoms with Crippen LogP contribution in [0.25, 0.3) is 0 Å². The second-order valence-electron chi connectivity index (χ2n) is 7.64.